The Balaban J connectivity index is 2.52. The van der Waals surface area contributed by atoms with E-state index in [1.165, 1.54) is 14.2 Å². The molecule has 0 amide bonds. The number of ether oxygens (including phenoxy) is 2. The van der Waals surface area contributed by atoms with E-state index in [4.69, 9.17) is 21.1 Å². The summed E-state index contributed by atoms with van der Waals surface area (Å²) in [6, 6.07) is 0. The topological polar surface area (TPSA) is 60.5 Å². The smallest absolute Gasteiger partial charge is 0.469 e. The van der Waals surface area contributed by atoms with E-state index in [0.29, 0.717) is 27.8 Å². The molecule has 0 atom stereocenters. The van der Waals surface area contributed by atoms with Gasteiger partial charge in [0.05, 0.1) is 19.9 Å². The zero-order valence-electron chi connectivity index (χ0n) is 25.6. The lowest BCUT2D eigenvalue weighted by molar-refractivity contribution is -0.360. The van der Waals surface area contributed by atoms with Crippen LogP contribution < -0.4 is 0 Å². The van der Waals surface area contributed by atoms with Crippen LogP contribution in [0.25, 0.3) is 5.57 Å². The van der Waals surface area contributed by atoms with E-state index in [2.05, 4.69) is 42.6 Å². The molecule has 0 saturated carbocycles. The van der Waals surface area contributed by atoms with Crippen molar-refractivity contribution in [2.45, 2.75) is 78.8 Å². The molecule has 0 fully saturated rings. The van der Waals surface area contributed by atoms with Crippen LogP contribution in [0, 0.1) is 29.9 Å². The zero-order chi connectivity index (χ0) is 31.1. The summed E-state index contributed by atoms with van der Waals surface area (Å²) in [7, 11) is -1.34. The molecule has 0 aliphatic carbocycles. The fourth-order valence-electron chi connectivity index (χ4n) is 4.90. The first-order chi connectivity index (χ1) is 18.9. The predicted molar refractivity (Wildman–Crippen MR) is 166 cm³/mol. The number of carbonyl (C=O) groups excluding carboxylic acids is 2. The number of halogens is 3. The molecule has 3 heterocycles. The average molecular weight is 619 g/mol. The first kappa shape index (κ1) is 32.7. The van der Waals surface area contributed by atoms with Crippen molar-refractivity contribution in [3.63, 3.8) is 0 Å². The normalized spacial score (nSPS) is 16.0. The van der Waals surface area contributed by atoms with Crippen molar-refractivity contribution in [1.29, 1.82) is 0 Å². The largest absolute Gasteiger partial charge is 0.739 e. The van der Waals surface area contributed by atoms with Gasteiger partial charge in [-0.1, -0.05) is 51.1 Å². The Kier molecular flexibility index (Phi) is 9.39. The molecule has 0 spiro atoms. The van der Waals surface area contributed by atoms with Crippen molar-refractivity contribution in [3.05, 3.63) is 39.4 Å². The monoisotopic (exact) mass is 618 g/mol. The molecule has 1 aromatic heterocycles. The third kappa shape index (κ3) is 6.63. The lowest BCUT2D eigenvalue weighted by Gasteiger charge is -2.32. The summed E-state index contributed by atoms with van der Waals surface area (Å²) < 4.78 is 45.4. The summed E-state index contributed by atoms with van der Waals surface area (Å²) in [6.07, 6.45) is 0.348. The molecule has 41 heavy (non-hydrogen) atoms. The van der Waals surface area contributed by atoms with Crippen molar-refractivity contribution in [2.24, 2.45) is 0 Å². The highest BCUT2D eigenvalue weighted by Crippen LogP contribution is 2.46. The van der Waals surface area contributed by atoms with Crippen LogP contribution in [0.3, 0.4) is 0 Å². The van der Waals surface area contributed by atoms with Gasteiger partial charge in [0.1, 0.15) is 21.7 Å². The molecule has 3 rings (SSSR count). The highest BCUT2D eigenvalue weighted by molar-refractivity contribution is 6.84. The second kappa shape index (κ2) is 11.8. The van der Waals surface area contributed by atoms with Gasteiger partial charge in [0.15, 0.2) is 5.70 Å². The average Bonchev–Trinajstić information content (AvgIpc) is 3.29. The van der Waals surface area contributed by atoms with Gasteiger partial charge in [0.2, 0.25) is 5.17 Å². The van der Waals surface area contributed by atoms with Crippen LogP contribution >= 0.6 is 11.6 Å². The molecule has 220 valence electrons. The van der Waals surface area contributed by atoms with E-state index in [1.54, 1.807) is 13.8 Å². The van der Waals surface area contributed by atoms with Crippen LogP contribution in [0.2, 0.25) is 39.3 Å². The maximum absolute atomic E-state index is 16.9. The molecule has 0 aromatic carbocycles. The number of methoxy groups -OCH3 is 2. The Morgan fingerprint density at radius 3 is 1.95 bits per heavy atom. The highest BCUT2D eigenvalue weighted by atomic mass is 35.5. The fraction of sp³-hybridized carbons (Fsp3) is 0.483. The first-order valence-corrected chi connectivity index (χ1v) is 21.0. The molecular weight excluding hydrogens is 581 g/mol. The molecule has 2 aliphatic heterocycles. The van der Waals surface area contributed by atoms with Gasteiger partial charge in [-0.05, 0) is 49.4 Å². The number of rotatable bonds is 6. The van der Waals surface area contributed by atoms with Crippen molar-refractivity contribution in [3.8, 4) is 22.9 Å². The fourth-order valence-corrected chi connectivity index (χ4v) is 6.21. The van der Waals surface area contributed by atoms with Gasteiger partial charge >= 0.3 is 18.9 Å². The van der Waals surface area contributed by atoms with E-state index >= 15 is 8.63 Å². The van der Waals surface area contributed by atoms with Crippen molar-refractivity contribution in [1.82, 2.24) is 4.48 Å². The lowest BCUT2D eigenvalue weighted by Crippen LogP contribution is -2.51. The highest BCUT2D eigenvalue weighted by Gasteiger charge is 2.58. The predicted octanol–water partition coefficient (Wildman–Crippen LogP) is 5.89. The van der Waals surface area contributed by atoms with Crippen LogP contribution in [0.4, 0.5) is 8.63 Å². The summed E-state index contributed by atoms with van der Waals surface area (Å²) >= 11 is 6.68. The number of allylic oxidation sites excluding steroid dienone is 3. The Morgan fingerprint density at radius 1 is 0.927 bits per heavy atom. The Bertz CT molecular complexity index is 1540. The number of hydrogen-bond acceptors (Lipinski definition) is 4. The van der Waals surface area contributed by atoms with E-state index in [0.717, 1.165) is 8.96 Å². The van der Waals surface area contributed by atoms with E-state index in [1.807, 2.05) is 19.6 Å². The van der Waals surface area contributed by atoms with Gasteiger partial charge in [-0.25, -0.2) is 0 Å². The molecule has 0 saturated heterocycles. The maximum Gasteiger partial charge on any atom is 0.739 e. The van der Waals surface area contributed by atoms with E-state index < -0.39 is 35.1 Å². The summed E-state index contributed by atoms with van der Waals surface area (Å²) in [6.45, 7) is 11.3. The Hall–Kier alpha value is -2.86. The summed E-state index contributed by atoms with van der Waals surface area (Å²) in [4.78, 5) is 24.3. The third-order valence-corrected chi connectivity index (χ3v) is 9.12. The van der Waals surface area contributed by atoms with Crippen LogP contribution in [0.5, 0.6) is 0 Å². The van der Waals surface area contributed by atoms with Crippen LogP contribution in [0.15, 0.2) is 16.8 Å². The van der Waals surface area contributed by atoms with Gasteiger partial charge in [-0.3, -0.25) is 9.59 Å². The minimum atomic E-state index is -4.51. The Labute approximate surface area is 248 Å². The molecule has 2 aliphatic rings. The molecule has 12 heteroatoms. The van der Waals surface area contributed by atoms with Crippen LogP contribution in [0.1, 0.15) is 48.7 Å². The molecular formula is C29H38BClF2N2O4Si2. The van der Waals surface area contributed by atoms with Crippen molar-refractivity contribution >= 4 is 57.4 Å². The number of carbonyl (C=O) groups is 2. The molecule has 1 aromatic rings. The SMILES string of the molecule is COC(=O)CCC1=C(C)C(Cl)=[N+]2C1=C(C#C[Si](C)(C)C)c1c(CCC(=O)OC)c(C)c(C#C[Si](C)(C)C)n1[B-]2(F)F. The number of hydrogen-bond donors (Lipinski definition) is 0. The summed E-state index contributed by atoms with van der Waals surface area (Å²) in [5.74, 6) is 5.48. The van der Waals surface area contributed by atoms with Gasteiger partial charge in [0.25, 0.3) is 0 Å². The van der Waals surface area contributed by atoms with Crippen LogP contribution in [-0.4, -0.2) is 63.4 Å². The van der Waals surface area contributed by atoms with Gasteiger partial charge in [0, 0.05) is 29.7 Å². The van der Waals surface area contributed by atoms with Crippen molar-refractivity contribution < 1.29 is 32.2 Å². The molecule has 6 nitrogen and oxygen atoms in total. The minimum absolute atomic E-state index is 0.000156. The van der Waals surface area contributed by atoms with Crippen molar-refractivity contribution in [2.75, 3.05) is 14.2 Å². The molecule has 0 radical (unpaired) electrons. The van der Waals surface area contributed by atoms with E-state index in [-0.39, 0.29) is 47.9 Å². The molecule has 0 N–H and O–H groups in total. The van der Waals surface area contributed by atoms with E-state index in [9.17, 15) is 9.59 Å². The first-order valence-electron chi connectivity index (χ1n) is 13.6. The number of esters is 2. The number of aromatic nitrogens is 1. The van der Waals surface area contributed by atoms with Gasteiger partial charge in [-0.2, -0.15) is 0 Å². The number of nitrogens with zero attached hydrogens (tertiary/aromatic N) is 2. The zero-order valence-corrected chi connectivity index (χ0v) is 28.3. The Morgan fingerprint density at radius 2 is 1.44 bits per heavy atom. The maximum atomic E-state index is 16.9. The quantitative estimate of drug-likeness (QED) is 0.227. The third-order valence-electron chi connectivity index (χ3n) is 6.90. The number of fused-ring (bicyclic) bond motifs is 2. The second-order valence-electron chi connectivity index (χ2n) is 12.4. The summed E-state index contributed by atoms with van der Waals surface area (Å²) in [5.41, 5.74) is 9.81. The molecule has 0 unspecified atom stereocenters. The second-order valence-corrected chi connectivity index (χ2v) is 22.3. The summed E-state index contributed by atoms with van der Waals surface area (Å²) in [5, 5.41) is -0.102. The lowest BCUT2D eigenvalue weighted by atomic mass is 9.85. The standard InChI is InChI=1S/C29H38BClF2N2O4Si2/c1-19-21(11-13-25(36)38-3)27-23(15-17-40(5,6)7)28-22(12-14-26(37)39-4)20(2)29(31)35(28)30(32,33)34(27)24(19)16-18-41(8,9)10/h11-14H2,1-10H3. The van der Waals surface area contributed by atoms with Gasteiger partial charge in [-0.15, -0.1) is 11.1 Å². The minimum Gasteiger partial charge on any atom is -0.469 e. The van der Waals surface area contributed by atoms with Crippen LogP contribution in [-0.2, 0) is 25.5 Å². The molecule has 0 bridgehead atoms. The van der Waals surface area contributed by atoms with Gasteiger partial charge < -0.3 is 27.1 Å².